The van der Waals surface area contributed by atoms with Gasteiger partial charge in [0.2, 0.25) is 0 Å². The summed E-state index contributed by atoms with van der Waals surface area (Å²) in [5.41, 5.74) is -0.657. The highest BCUT2D eigenvalue weighted by molar-refractivity contribution is 5.75. The van der Waals surface area contributed by atoms with Gasteiger partial charge in [-0.2, -0.15) is 0 Å². The van der Waals surface area contributed by atoms with Crippen molar-refractivity contribution in [1.82, 2.24) is 10.2 Å². The lowest BCUT2D eigenvalue weighted by atomic mass is 9.42. The van der Waals surface area contributed by atoms with Gasteiger partial charge in [0, 0.05) is 36.9 Å². The maximum atomic E-state index is 11.9. The normalized spacial score (nSPS) is 48.2. The van der Waals surface area contributed by atoms with Crippen LogP contribution in [0.5, 0.6) is 0 Å². The predicted octanol–water partition coefficient (Wildman–Crippen LogP) is 0.690. The van der Waals surface area contributed by atoms with Crippen LogP contribution < -0.4 is 5.32 Å². The smallest absolute Gasteiger partial charge is 0.320 e. The second-order valence-electron chi connectivity index (χ2n) is 10.7. The molecule has 180 valence electrons. The number of hydrogen-bond acceptors (Lipinski definition) is 7. The maximum absolute atomic E-state index is 11.9. The van der Waals surface area contributed by atoms with E-state index in [9.17, 15) is 19.8 Å². The number of carboxylic acid groups (broad SMARTS) is 2. The number of hydrogen-bond donors (Lipinski definition) is 4. The molecule has 3 saturated carbocycles. The molecule has 5 rings (SSSR count). The minimum absolute atomic E-state index is 0.0276. The lowest BCUT2D eigenvalue weighted by Gasteiger charge is -2.69. The van der Waals surface area contributed by atoms with Gasteiger partial charge in [-0.05, 0) is 64.5 Å². The second-order valence-corrected chi connectivity index (χ2v) is 10.7. The van der Waals surface area contributed by atoms with Gasteiger partial charge >= 0.3 is 11.9 Å². The molecule has 4 N–H and O–H groups in total. The van der Waals surface area contributed by atoms with Crippen LogP contribution in [0.15, 0.2) is 0 Å². The summed E-state index contributed by atoms with van der Waals surface area (Å²) in [6.45, 7) is 0.926. The third-order valence-corrected chi connectivity index (χ3v) is 9.66. The highest BCUT2D eigenvalue weighted by atomic mass is 16.5. The van der Waals surface area contributed by atoms with E-state index in [1.165, 1.54) is 0 Å². The molecule has 5 fully saturated rings. The van der Waals surface area contributed by atoms with Gasteiger partial charge in [0.15, 0.2) is 0 Å². The summed E-state index contributed by atoms with van der Waals surface area (Å²) in [4.78, 5) is 25.4. The molecule has 2 saturated heterocycles. The lowest BCUT2D eigenvalue weighted by molar-refractivity contribution is -0.269. The van der Waals surface area contributed by atoms with E-state index in [0.29, 0.717) is 12.3 Å². The van der Waals surface area contributed by atoms with Crippen LogP contribution >= 0.6 is 0 Å². The van der Waals surface area contributed by atoms with Gasteiger partial charge in [0.25, 0.3) is 0 Å². The molecule has 5 aliphatic rings. The first-order chi connectivity index (χ1) is 15.2. The fraction of sp³-hybridized carbons (Fsp3) is 0.913. The van der Waals surface area contributed by atoms with Crippen LogP contribution in [0.3, 0.4) is 0 Å². The molecule has 32 heavy (non-hydrogen) atoms. The van der Waals surface area contributed by atoms with Crippen LogP contribution in [-0.4, -0.2) is 94.9 Å². The van der Waals surface area contributed by atoms with Crippen molar-refractivity contribution in [1.29, 1.82) is 0 Å². The average Bonchev–Trinajstić information content (AvgIpc) is 3.11. The summed E-state index contributed by atoms with van der Waals surface area (Å²) in [7, 11) is 3.98. The minimum atomic E-state index is -1.04. The number of aliphatic hydroxyl groups is 1. The quantitative estimate of drug-likeness (QED) is 0.441. The Bertz CT molecular complexity index is 779. The maximum Gasteiger partial charge on any atom is 0.320 e. The zero-order valence-electron chi connectivity index (χ0n) is 18.9. The Morgan fingerprint density at radius 2 is 2.03 bits per heavy atom. The lowest BCUT2D eigenvalue weighted by Crippen LogP contribution is -2.78. The standard InChI is InChI=1S/C23H36N2O7/c1-25-10-9-22-18-12-3-5-15(26)19(18)32-20(22)13(7-8-23(22,31-2)16(25)11-12)24-14(21(29)30)4-6-17(27)28/h12-16,18-20,24,26H,3-11H2,1-2H3,(H,27,28)(H,29,30)/t12?,13-,14-,15?,16?,18?,19?,20-,22-,23+/m0/s1. The molecule has 10 atom stereocenters. The van der Waals surface area contributed by atoms with Crippen molar-refractivity contribution < 1.29 is 34.4 Å². The number of aliphatic hydroxyl groups excluding tert-OH is 1. The fourth-order valence-electron chi connectivity index (χ4n) is 8.53. The topological polar surface area (TPSA) is 129 Å². The number of likely N-dealkylation sites (tertiary alicyclic amines) is 1. The number of methoxy groups -OCH3 is 1. The van der Waals surface area contributed by atoms with Gasteiger partial charge in [-0.25, -0.2) is 0 Å². The Labute approximate surface area is 188 Å². The van der Waals surface area contributed by atoms with Crippen molar-refractivity contribution in [3.63, 3.8) is 0 Å². The average molecular weight is 453 g/mol. The van der Waals surface area contributed by atoms with Crippen LogP contribution in [0.1, 0.15) is 51.4 Å². The number of aliphatic carboxylic acids is 2. The SMILES string of the molecule is CO[C@]12CC[C@H](N[C@@H](CCC(=O)O)C(=O)O)[C@@H]3OC4C(O)CCC5CC1N(C)CC[C@]32C54. The van der Waals surface area contributed by atoms with Crippen LogP contribution in [0.2, 0.25) is 0 Å². The van der Waals surface area contributed by atoms with Crippen molar-refractivity contribution in [2.75, 3.05) is 20.7 Å². The van der Waals surface area contributed by atoms with Crippen molar-refractivity contribution in [3.8, 4) is 0 Å². The number of ether oxygens (including phenoxy) is 2. The van der Waals surface area contributed by atoms with Gasteiger partial charge in [0.1, 0.15) is 6.04 Å². The molecular formula is C23H36N2O7. The van der Waals surface area contributed by atoms with Gasteiger partial charge in [-0.1, -0.05) is 0 Å². The van der Waals surface area contributed by atoms with E-state index < -0.39 is 24.1 Å². The zero-order chi connectivity index (χ0) is 22.8. The van der Waals surface area contributed by atoms with E-state index in [4.69, 9.17) is 14.6 Å². The highest BCUT2D eigenvalue weighted by Crippen LogP contribution is 2.70. The number of likely N-dealkylation sites (N-methyl/N-ethyl adjacent to an activating group) is 1. The molecule has 2 aliphatic heterocycles. The second kappa shape index (κ2) is 7.91. The molecule has 1 spiro atoms. The fourth-order valence-corrected chi connectivity index (χ4v) is 8.53. The monoisotopic (exact) mass is 452 g/mol. The molecular weight excluding hydrogens is 416 g/mol. The summed E-state index contributed by atoms with van der Waals surface area (Å²) >= 11 is 0. The Balaban J connectivity index is 1.52. The van der Waals surface area contributed by atoms with E-state index in [2.05, 4.69) is 17.3 Å². The van der Waals surface area contributed by atoms with Crippen LogP contribution in [0, 0.1) is 17.3 Å². The summed E-state index contributed by atoms with van der Waals surface area (Å²) < 4.78 is 13.1. The van der Waals surface area contributed by atoms with Crippen molar-refractivity contribution >= 4 is 11.9 Å². The summed E-state index contributed by atoms with van der Waals surface area (Å²) in [5, 5.41) is 33.0. The minimum Gasteiger partial charge on any atom is -0.481 e. The summed E-state index contributed by atoms with van der Waals surface area (Å²) in [5.74, 6) is -1.37. The summed E-state index contributed by atoms with van der Waals surface area (Å²) in [6, 6.07) is -0.875. The van der Waals surface area contributed by atoms with Crippen molar-refractivity contribution in [3.05, 3.63) is 0 Å². The van der Waals surface area contributed by atoms with E-state index in [-0.39, 0.29) is 54.1 Å². The molecule has 2 heterocycles. The largest absolute Gasteiger partial charge is 0.481 e. The Kier molecular flexibility index (Phi) is 5.57. The number of nitrogens with zero attached hydrogens (tertiary/aromatic N) is 1. The Hall–Kier alpha value is -1.26. The number of nitrogens with one attached hydrogen (secondary N) is 1. The zero-order valence-corrected chi connectivity index (χ0v) is 18.9. The number of carbonyl (C=O) groups is 2. The van der Waals surface area contributed by atoms with Crippen molar-refractivity contribution in [2.45, 2.75) is 93.4 Å². The summed E-state index contributed by atoms with van der Waals surface area (Å²) in [6.07, 6.45) is 3.97. The molecule has 9 nitrogen and oxygen atoms in total. The third-order valence-electron chi connectivity index (χ3n) is 9.66. The van der Waals surface area contributed by atoms with Crippen molar-refractivity contribution in [2.24, 2.45) is 17.3 Å². The van der Waals surface area contributed by atoms with Crippen LogP contribution in [0.25, 0.3) is 0 Å². The highest BCUT2D eigenvalue weighted by Gasteiger charge is 2.78. The van der Waals surface area contributed by atoms with Gasteiger partial charge in [0.05, 0.1) is 23.9 Å². The van der Waals surface area contributed by atoms with E-state index in [0.717, 1.165) is 38.6 Å². The molecule has 0 aromatic heterocycles. The first-order valence-corrected chi connectivity index (χ1v) is 12.0. The molecule has 0 amide bonds. The first kappa shape index (κ1) is 22.5. The molecule has 5 unspecified atom stereocenters. The first-order valence-electron chi connectivity index (χ1n) is 12.0. The van der Waals surface area contributed by atoms with Crippen LogP contribution in [-0.2, 0) is 19.1 Å². The number of piperidine rings is 1. The predicted molar refractivity (Wildman–Crippen MR) is 113 cm³/mol. The van der Waals surface area contributed by atoms with E-state index in [1.807, 2.05) is 0 Å². The molecule has 9 heteroatoms. The van der Waals surface area contributed by atoms with Gasteiger partial charge < -0.3 is 29.7 Å². The van der Waals surface area contributed by atoms with Gasteiger partial charge in [-0.15, -0.1) is 0 Å². The number of rotatable bonds is 7. The number of carboxylic acids is 2. The third kappa shape index (κ3) is 2.94. The van der Waals surface area contributed by atoms with Gasteiger partial charge in [-0.3, -0.25) is 14.9 Å². The Morgan fingerprint density at radius 1 is 1.25 bits per heavy atom. The molecule has 2 bridgehead atoms. The van der Waals surface area contributed by atoms with E-state index >= 15 is 0 Å². The molecule has 0 radical (unpaired) electrons. The molecule has 0 aromatic carbocycles. The van der Waals surface area contributed by atoms with Crippen LogP contribution in [0.4, 0.5) is 0 Å². The Morgan fingerprint density at radius 3 is 2.72 bits per heavy atom. The van der Waals surface area contributed by atoms with E-state index in [1.54, 1.807) is 7.11 Å². The molecule has 3 aliphatic carbocycles. The molecule has 0 aromatic rings.